The van der Waals surface area contributed by atoms with Crippen LogP contribution in [0.15, 0.2) is 22.7 Å². The maximum absolute atomic E-state index is 5.96. The first kappa shape index (κ1) is 15.3. The van der Waals surface area contributed by atoms with Crippen molar-refractivity contribution in [3.05, 3.63) is 33.3 Å². The van der Waals surface area contributed by atoms with Crippen LogP contribution in [0.5, 0.6) is 0 Å². The number of nitrogens with one attached hydrogen (secondary N) is 1. The highest BCUT2D eigenvalue weighted by molar-refractivity contribution is 9.10. The quantitative estimate of drug-likeness (QED) is 0.883. The second kappa shape index (κ2) is 7.60. The average Bonchev–Trinajstić information content (AvgIpc) is 2.41. The van der Waals surface area contributed by atoms with Crippen LogP contribution in [0.4, 0.5) is 0 Å². The Morgan fingerprint density at radius 2 is 2.11 bits per heavy atom. The first-order valence-electron chi connectivity index (χ1n) is 6.71. The van der Waals surface area contributed by atoms with Gasteiger partial charge in [0.25, 0.3) is 0 Å². The Hall–Kier alpha value is -0.130. The molecule has 0 aromatic heterocycles. The summed E-state index contributed by atoms with van der Waals surface area (Å²) in [7, 11) is 2.17. The van der Waals surface area contributed by atoms with E-state index in [0.717, 1.165) is 42.2 Å². The van der Waals surface area contributed by atoms with Crippen LogP contribution in [-0.4, -0.2) is 56.1 Å². The van der Waals surface area contributed by atoms with E-state index in [1.54, 1.807) is 0 Å². The number of piperazine rings is 1. The van der Waals surface area contributed by atoms with Crippen LogP contribution in [0.1, 0.15) is 5.56 Å². The van der Waals surface area contributed by atoms with Gasteiger partial charge >= 0.3 is 0 Å². The van der Waals surface area contributed by atoms with Crippen molar-refractivity contribution in [2.75, 3.05) is 46.3 Å². The summed E-state index contributed by atoms with van der Waals surface area (Å²) in [6, 6.07) is 6.00. The summed E-state index contributed by atoms with van der Waals surface area (Å²) in [5, 5.41) is 4.16. The molecule has 1 N–H and O–H groups in total. The molecule has 5 heteroatoms. The van der Waals surface area contributed by atoms with Gasteiger partial charge in [-0.2, -0.15) is 0 Å². The fourth-order valence-electron chi connectivity index (χ4n) is 2.27. The number of hydrogen-bond donors (Lipinski definition) is 1. The van der Waals surface area contributed by atoms with E-state index >= 15 is 0 Å². The SMILES string of the molecule is CN(CCN1CCNCC1)Cc1ccc(Cl)cc1Br. The van der Waals surface area contributed by atoms with Gasteiger partial charge in [0.05, 0.1) is 0 Å². The van der Waals surface area contributed by atoms with Crippen LogP contribution >= 0.6 is 27.5 Å². The molecule has 0 atom stereocenters. The third-order valence-corrected chi connectivity index (χ3v) is 4.44. The lowest BCUT2D eigenvalue weighted by Crippen LogP contribution is -2.45. The number of benzene rings is 1. The molecule has 0 unspecified atom stereocenters. The standard InChI is InChI=1S/C14H21BrClN3/c1-18(8-9-19-6-4-17-5-7-19)11-12-2-3-13(16)10-14(12)15/h2-3,10,17H,4-9,11H2,1H3. The number of hydrogen-bond acceptors (Lipinski definition) is 3. The Kier molecular flexibility index (Phi) is 6.10. The number of likely N-dealkylation sites (N-methyl/N-ethyl adjacent to an activating group) is 1. The zero-order valence-corrected chi connectivity index (χ0v) is 13.7. The van der Waals surface area contributed by atoms with Gasteiger partial charge < -0.3 is 10.2 Å². The Balaban J connectivity index is 1.78. The fourth-order valence-corrected chi connectivity index (χ4v) is 3.07. The predicted molar refractivity (Wildman–Crippen MR) is 84.8 cm³/mol. The molecule has 0 amide bonds. The highest BCUT2D eigenvalue weighted by atomic mass is 79.9. The Morgan fingerprint density at radius 1 is 1.37 bits per heavy atom. The molecule has 0 aliphatic carbocycles. The highest BCUT2D eigenvalue weighted by Crippen LogP contribution is 2.22. The molecule has 106 valence electrons. The van der Waals surface area contributed by atoms with Crippen molar-refractivity contribution in [3.8, 4) is 0 Å². The molecular weight excluding hydrogens is 326 g/mol. The molecule has 19 heavy (non-hydrogen) atoms. The maximum atomic E-state index is 5.96. The van der Waals surface area contributed by atoms with Gasteiger partial charge in [-0.15, -0.1) is 0 Å². The van der Waals surface area contributed by atoms with Crippen LogP contribution in [0.25, 0.3) is 0 Å². The number of halogens is 2. The normalized spacial score (nSPS) is 17.1. The fraction of sp³-hybridized carbons (Fsp3) is 0.571. The molecule has 1 aromatic rings. The van der Waals surface area contributed by atoms with E-state index in [1.807, 2.05) is 12.1 Å². The zero-order chi connectivity index (χ0) is 13.7. The lowest BCUT2D eigenvalue weighted by Gasteiger charge is -2.29. The Morgan fingerprint density at radius 3 is 2.79 bits per heavy atom. The number of nitrogens with zero attached hydrogens (tertiary/aromatic N) is 2. The van der Waals surface area contributed by atoms with Crippen LogP contribution < -0.4 is 5.32 Å². The molecule has 1 fully saturated rings. The largest absolute Gasteiger partial charge is 0.314 e. The molecule has 0 spiro atoms. The zero-order valence-electron chi connectivity index (χ0n) is 11.3. The molecule has 2 rings (SSSR count). The number of rotatable bonds is 5. The lowest BCUT2D eigenvalue weighted by molar-refractivity contribution is 0.202. The van der Waals surface area contributed by atoms with Crippen LogP contribution in [0, 0.1) is 0 Å². The van der Waals surface area contributed by atoms with E-state index in [1.165, 1.54) is 18.7 Å². The molecule has 1 aliphatic heterocycles. The van der Waals surface area contributed by atoms with E-state index in [9.17, 15) is 0 Å². The summed E-state index contributed by atoms with van der Waals surface area (Å²) in [5.74, 6) is 0. The van der Waals surface area contributed by atoms with Crippen molar-refractivity contribution in [2.24, 2.45) is 0 Å². The van der Waals surface area contributed by atoms with Gasteiger partial charge in [0.1, 0.15) is 0 Å². The molecule has 1 aliphatic rings. The van der Waals surface area contributed by atoms with Crippen molar-refractivity contribution >= 4 is 27.5 Å². The van der Waals surface area contributed by atoms with E-state index in [2.05, 4.69) is 44.2 Å². The van der Waals surface area contributed by atoms with Crippen molar-refractivity contribution in [1.29, 1.82) is 0 Å². The van der Waals surface area contributed by atoms with E-state index < -0.39 is 0 Å². The molecular formula is C14H21BrClN3. The van der Waals surface area contributed by atoms with Gasteiger partial charge in [-0.1, -0.05) is 33.6 Å². The van der Waals surface area contributed by atoms with Gasteiger partial charge in [-0.05, 0) is 24.7 Å². The van der Waals surface area contributed by atoms with Crippen LogP contribution in [0.2, 0.25) is 5.02 Å². The summed E-state index contributed by atoms with van der Waals surface area (Å²) in [4.78, 5) is 4.87. The Bertz CT molecular complexity index is 408. The average molecular weight is 347 g/mol. The molecule has 0 saturated carbocycles. The summed E-state index contributed by atoms with van der Waals surface area (Å²) >= 11 is 9.53. The van der Waals surface area contributed by atoms with E-state index in [0.29, 0.717) is 0 Å². The van der Waals surface area contributed by atoms with Gasteiger partial charge in [-0.25, -0.2) is 0 Å². The molecule has 0 radical (unpaired) electrons. The minimum absolute atomic E-state index is 0.777. The molecule has 1 heterocycles. The van der Waals surface area contributed by atoms with Gasteiger partial charge in [0.2, 0.25) is 0 Å². The van der Waals surface area contributed by atoms with Crippen molar-refractivity contribution < 1.29 is 0 Å². The van der Waals surface area contributed by atoms with E-state index in [4.69, 9.17) is 11.6 Å². The molecule has 1 saturated heterocycles. The van der Waals surface area contributed by atoms with Crippen molar-refractivity contribution in [2.45, 2.75) is 6.54 Å². The van der Waals surface area contributed by atoms with E-state index in [-0.39, 0.29) is 0 Å². The van der Waals surface area contributed by atoms with Crippen molar-refractivity contribution in [1.82, 2.24) is 15.1 Å². The third-order valence-electron chi connectivity index (χ3n) is 3.46. The van der Waals surface area contributed by atoms with Crippen molar-refractivity contribution in [3.63, 3.8) is 0 Å². The van der Waals surface area contributed by atoms with Gasteiger partial charge in [0, 0.05) is 55.3 Å². The monoisotopic (exact) mass is 345 g/mol. The topological polar surface area (TPSA) is 18.5 Å². The summed E-state index contributed by atoms with van der Waals surface area (Å²) in [6.07, 6.45) is 0. The predicted octanol–water partition coefficient (Wildman–Crippen LogP) is 2.44. The summed E-state index contributed by atoms with van der Waals surface area (Å²) in [6.45, 7) is 7.75. The van der Waals surface area contributed by atoms with Crippen LogP contribution in [0.3, 0.4) is 0 Å². The summed E-state index contributed by atoms with van der Waals surface area (Å²) < 4.78 is 1.09. The van der Waals surface area contributed by atoms with Crippen LogP contribution in [-0.2, 0) is 6.54 Å². The molecule has 3 nitrogen and oxygen atoms in total. The second-order valence-corrected chi connectivity index (χ2v) is 6.36. The summed E-state index contributed by atoms with van der Waals surface area (Å²) in [5.41, 5.74) is 1.28. The first-order valence-corrected chi connectivity index (χ1v) is 7.88. The van der Waals surface area contributed by atoms with Gasteiger partial charge in [-0.3, -0.25) is 4.90 Å². The Labute approximate surface area is 129 Å². The second-order valence-electron chi connectivity index (χ2n) is 5.07. The molecule has 0 bridgehead atoms. The van der Waals surface area contributed by atoms with Gasteiger partial charge in [0.15, 0.2) is 0 Å². The third kappa shape index (κ3) is 5.04. The maximum Gasteiger partial charge on any atom is 0.0417 e. The first-order chi connectivity index (χ1) is 9.15. The lowest BCUT2D eigenvalue weighted by atomic mass is 10.2. The molecule has 1 aromatic carbocycles. The minimum atomic E-state index is 0.777. The highest BCUT2D eigenvalue weighted by Gasteiger charge is 2.10. The smallest absolute Gasteiger partial charge is 0.0417 e. The minimum Gasteiger partial charge on any atom is -0.314 e.